The second-order valence-corrected chi connectivity index (χ2v) is 5.50. The topological polar surface area (TPSA) is 63.5 Å². The van der Waals surface area contributed by atoms with E-state index in [2.05, 4.69) is 18.7 Å². The van der Waals surface area contributed by atoms with Crippen LogP contribution in [0.25, 0.3) is 0 Å². The molecule has 0 unspecified atom stereocenters. The van der Waals surface area contributed by atoms with E-state index >= 15 is 0 Å². The van der Waals surface area contributed by atoms with Crippen LogP contribution in [0.2, 0.25) is 0 Å². The van der Waals surface area contributed by atoms with Gasteiger partial charge in [-0.25, -0.2) is 0 Å². The van der Waals surface area contributed by atoms with Crippen molar-refractivity contribution in [2.24, 2.45) is 5.41 Å². The first-order valence-corrected chi connectivity index (χ1v) is 7.04. The maximum Gasteiger partial charge on any atom is 0.293 e. The van der Waals surface area contributed by atoms with Crippen LogP contribution in [0.15, 0.2) is 18.2 Å². The Bertz CT molecular complexity index is 524. The Morgan fingerprint density at radius 2 is 2.10 bits per heavy atom. The highest BCUT2D eigenvalue weighted by atomic mass is 16.6. The third kappa shape index (κ3) is 2.53. The van der Waals surface area contributed by atoms with Crippen LogP contribution in [0.5, 0.6) is 0 Å². The fourth-order valence-electron chi connectivity index (χ4n) is 3.00. The number of hydrogen-bond acceptors (Lipinski definition) is 4. The summed E-state index contributed by atoms with van der Waals surface area (Å²) in [5, 5.41) is 11.2. The van der Waals surface area contributed by atoms with Crippen molar-refractivity contribution in [3.8, 4) is 0 Å². The first kappa shape index (κ1) is 14.5. The molecule has 0 radical (unpaired) electrons. The zero-order chi connectivity index (χ0) is 14.8. The van der Waals surface area contributed by atoms with E-state index in [0.717, 1.165) is 32.4 Å². The Hall–Kier alpha value is -1.91. The Labute approximate surface area is 118 Å². The van der Waals surface area contributed by atoms with Crippen molar-refractivity contribution in [3.05, 3.63) is 33.9 Å². The number of carbonyl (C=O) groups is 1. The predicted molar refractivity (Wildman–Crippen MR) is 78.3 cm³/mol. The molecule has 5 heteroatoms. The van der Waals surface area contributed by atoms with E-state index in [4.69, 9.17) is 0 Å². The monoisotopic (exact) mass is 276 g/mol. The summed E-state index contributed by atoms with van der Waals surface area (Å²) in [4.78, 5) is 23.7. The molecular weight excluding hydrogens is 256 g/mol. The van der Waals surface area contributed by atoms with E-state index in [1.54, 1.807) is 12.1 Å². The second-order valence-electron chi connectivity index (χ2n) is 5.50. The summed E-state index contributed by atoms with van der Waals surface area (Å²) in [5.41, 5.74) is 1.26. The molecule has 0 bridgehead atoms. The van der Waals surface area contributed by atoms with Crippen molar-refractivity contribution in [3.63, 3.8) is 0 Å². The van der Waals surface area contributed by atoms with Crippen LogP contribution in [-0.2, 0) is 0 Å². The number of nitrogens with zero attached hydrogens (tertiary/aromatic N) is 2. The number of nitro benzene ring substituents is 1. The summed E-state index contributed by atoms with van der Waals surface area (Å²) in [6.45, 7) is 6.04. The fraction of sp³-hybridized carbons (Fsp3) is 0.533. The van der Waals surface area contributed by atoms with Gasteiger partial charge in [0.25, 0.3) is 5.69 Å². The molecule has 2 rings (SSSR count). The standard InChI is InChI=1S/C15H20N2O3/c1-3-15(4-2)7-8-16(11-15)13-6-5-12(10-18)9-14(13)17(19)20/h5-6,9-10H,3-4,7-8,11H2,1-2H3. The molecule has 108 valence electrons. The number of benzene rings is 1. The van der Waals surface area contributed by atoms with Crippen molar-refractivity contribution in [2.75, 3.05) is 18.0 Å². The summed E-state index contributed by atoms with van der Waals surface area (Å²) >= 11 is 0. The van der Waals surface area contributed by atoms with Crippen LogP contribution < -0.4 is 4.90 Å². The SMILES string of the molecule is CCC1(CC)CCN(c2ccc(C=O)cc2[N+](=O)[O-])C1. The van der Waals surface area contributed by atoms with Gasteiger partial charge in [-0.2, -0.15) is 0 Å². The van der Waals surface area contributed by atoms with Gasteiger partial charge >= 0.3 is 0 Å². The smallest absolute Gasteiger partial charge is 0.293 e. The highest BCUT2D eigenvalue weighted by molar-refractivity contribution is 5.79. The van der Waals surface area contributed by atoms with E-state index in [0.29, 0.717) is 17.5 Å². The van der Waals surface area contributed by atoms with E-state index in [9.17, 15) is 14.9 Å². The molecule has 5 nitrogen and oxygen atoms in total. The highest BCUT2D eigenvalue weighted by Crippen LogP contribution is 2.41. The third-order valence-electron chi connectivity index (χ3n) is 4.61. The zero-order valence-corrected chi connectivity index (χ0v) is 12.0. The minimum atomic E-state index is -0.403. The molecule has 0 saturated carbocycles. The van der Waals surface area contributed by atoms with Gasteiger partial charge < -0.3 is 4.90 Å². The molecule has 1 aliphatic rings. The van der Waals surface area contributed by atoms with Gasteiger partial charge in [-0.05, 0) is 36.8 Å². The van der Waals surface area contributed by atoms with E-state index in [1.165, 1.54) is 6.07 Å². The van der Waals surface area contributed by atoms with Gasteiger partial charge in [0.1, 0.15) is 12.0 Å². The van der Waals surface area contributed by atoms with Crippen LogP contribution >= 0.6 is 0 Å². The first-order valence-electron chi connectivity index (χ1n) is 7.04. The second kappa shape index (κ2) is 5.61. The first-order chi connectivity index (χ1) is 9.55. The highest BCUT2D eigenvalue weighted by Gasteiger charge is 2.37. The summed E-state index contributed by atoms with van der Waals surface area (Å²) in [6.07, 6.45) is 3.87. The van der Waals surface area contributed by atoms with Crippen LogP contribution in [0.1, 0.15) is 43.5 Å². The molecule has 0 spiro atoms. The molecule has 1 aromatic carbocycles. The van der Waals surface area contributed by atoms with Gasteiger partial charge in [-0.15, -0.1) is 0 Å². The molecule has 0 aromatic heterocycles. The molecule has 0 aliphatic carbocycles. The Morgan fingerprint density at radius 3 is 2.60 bits per heavy atom. The molecule has 0 amide bonds. The van der Waals surface area contributed by atoms with Gasteiger partial charge in [0.2, 0.25) is 0 Å². The van der Waals surface area contributed by atoms with Gasteiger partial charge in [-0.1, -0.05) is 13.8 Å². The lowest BCUT2D eigenvalue weighted by Gasteiger charge is -2.27. The van der Waals surface area contributed by atoms with Gasteiger partial charge in [-0.3, -0.25) is 14.9 Å². The summed E-state index contributed by atoms with van der Waals surface area (Å²) < 4.78 is 0. The average molecular weight is 276 g/mol. The molecule has 1 aromatic rings. The number of carbonyl (C=O) groups excluding carboxylic acids is 1. The van der Waals surface area contributed by atoms with Crippen molar-refractivity contribution in [1.29, 1.82) is 0 Å². The maximum atomic E-state index is 11.2. The molecule has 1 heterocycles. The number of anilines is 1. The van der Waals surface area contributed by atoms with E-state index in [1.807, 2.05) is 0 Å². The molecule has 0 N–H and O–H groups in total. The van der Waals surface area contributed by atoms with Gasteiger partial charge in [0.05, 0.1) is 4.92 Å². The lowest BCUT2D eigenvalue weighted by molar-refractivity contribution is -0.384. The van der Waals surface area contributed by atoms with E-state index in [-0.39, 0.29) is 11.1 Å². The van der Waals surface area contributed by atoms with E-state index < -0.39 is 4.92 Å². The zero-order valence-electron chi connectivity index (χ0n) is 12.0. The average Bonchev–Trinajstić information content (AvgIpc) is 2.91. The molecule has 1 fully saturated rings. The number of aldehydes is 1. The summed E-state index contributed by atoms with van der Waals surface area (Å²) in [6, 6.07) is 4.71. The van der Waals surface area contributed by atoms with Crippen LogP contribution in [0.3, 0.4) is 0 Å². The maximum absolute atomic E-state index is 11.2. The van der Waals surface area contributed by atoms with Crippen LogP contribution in [-0.4, -0.2) is 24.3 Å². The molecular formula is C15H20N2O3. The largest absolute Gasteiger partial charge is 0.365 e. The predicted octanol–water partition coefficient (Wildman–Crippen LogP) is 3.42. The normalized spacial score (nSPS) is 17.2. The van der Waals surface area contributed by atoms with Crippen molar-refractivity contribution >= 4 is 17.7 Å². The van der Waals surface area contributed by atoms with Crippen molar-refractivity contribution in [2.45, 2.75) is 33.1 Å². The third-order valence-corrected chi connectivity index (χ3v) is 4.61. The Kier molecular flexibility index (Phi) is 4.06. The minimum Gasteiger partial charge on any atom is -0.365 e. The van der Waals surface area contributed by atoms with Crippen LogP contribution in [0.4, 0.5) is 11.4 Å². The quantitative estimate of drug-likeness (QED) is 0.469. The van der Waals surface area contributed by atoms with Gasteiger partial charge in [0.15, 0.2) is 0 Å². The lowest BCUT2D eigenvalue weighted by atomic mass is 9.82. The fourth-order valence-corrected chi connectivity index (χ4v) is 3.00. The number of hydrogen-bond donors (Lipinski definition) is 0. The number of rotatable bonds is 5. The minimum absolute atomic E-state index is 0.0256. The summed E-state index contributed by atoms with van der Waals surface area (Å²) in [5.74, 6) is 0. The molecule has 1 aliphatic heterocycles. The Balaban J connectivity index is 2.34. The Morgan fingerprint density at radius 1 is 1.40 bits per heavy atom. The van der Waals surface area contributed by atoms with Gasteiger partial charge in [0, 0.05) is 24.7 Å². The van der Waals surface area contributed by atoms with Crippen molar-refractivity contribution < 1.29 is 9.72 Å². The van der Waals surface area contributed by atoms with Crippen molar-refractivity contribution in [1.82, 2.24) is 0 Å². The van der Waals surface area contributed by atoms with Crippen LogP contribution in [0, 0.1) is 15.5 Å². The molecule has 1 saturated heterocycles. The molecule has 0 atom stereocenters. The summed E-state index contributed by atoms with van der Waals surface area (Å²) in [7, 11) is 0. The molecule has 20 heavy (non-hydrogen) atoms. The number of nitro groups is 1. The lowest BCUT2D eigenvalue weighted by Crippen LogP contribution is -2.26.